The summed E-state index contributed by atoms with van der Waals surface area (Å²) >= 11 is 3.50. The van der Waals surface area contributed by atoms with Crippen molar-refractivity contribution in [3.8, 4) is 5.75 Å². The minimum atomic E-state index is 0.319. The second kappa shape index (κ2) is 4.99. The Hall–Kier alpha value is -0.540. The molecule has 2 nitrogen and oxygen atoms in total. The fourth-order valence-electron chi connectivity index (χ4n) is 2.55. The van der Waals surface area contributed by atoms with Crippen molar-refractivity contribution in [2.45, 2.75) is 31.8 Å². The maximum atomic E-state index is 5.91. The third-order valence-corrected chi connectivity index (χ3v) is 4.29. The molecule has 3 rings (SSSR count). The Kier molecular flexibility index (Phi) is 3.39. The number of ether oxygens (including phenoxy) is 1. The Bertz CT molecular complexity index is 403. The Balaban J connectivity index is 1.48. The summed E-state index contributed by atoms with van der Waals surface area (Å²) in [5.41, 5.74) is 1.33. The summed E-state index contributed by atoms with van der Waals surface area (Å²) in [7, 11) is 0. The van der Waals surface area contributed by atoms with Crippen molar-refractivity contribution in [2.75, 3.05) is 13.1 Å². The van der Waals surface area contributed by atoms with Gasteiger partial charge in [-0.2, -0.15) is 0 Å². The Morgan fingerprint density at radius 1 is 1.29 bits per heavy atom. The van der Waals surface area contributed by atoms with Gasteiger partial charge in [0, 0.05) is 17.4 Å². The highest BCUT2D eigenvalue weighted by Crippen LogP contribution is 2.31. The summed E-state index contributed by atoms with van der Waals surface area (Å²) < 4.78 is 7.05. The lowest BCUT2D eigenvalue weighted by molar-refractivity contribution is 0.216. The smallest absolute Gasteiger partial charge is 0.123 e. The van der Waals surface area contributed by atoms with Gasteiger partial charge < -0.3 is 10.1 Å². The molecule has 17 heavy (non-hydrogen) atoms. The summed E-state index contributed by atoms with van der Waals surface area (Å²) in [5.74, 6) is 1.98. The molecule has 92 valence electrons. The first-order chi connectivity index (χ1) is 8.31. The average Bonchev–Trinajstić information content (AvgIpc) is 2.63. The predicted octanol–water partition coefficient (Wildman–Crippen LogP) is 3.14. The van der Waals surface area contributed by atoms with E-state index in [1.807, 2.05) is 6.07 Å². The van der Waals surface area contributed by atoms with Crippen LogP contribution in [0.25, 0.3) is 0 Å². The lowest BCUT2D eigenvalue weighted by atomic mass is 9.85. The molecule has 1 aliphatic heterocycles. The first kappa shape index (κ1) is 11.5. The SMILES string of the molecule is Brc1ccc2c(c1)CC(CNCC1CCC1)O2. The molecule has 0 spiro atoms. The first-order valence-corrected chi connectivity index (χ1v) is 7.26. The zero-order valence-electron chi connectivity index (χ0n) is 9.92. The standard InChI is InChI=1S/C14H18BrNO/c15-12-4-5-14-11(6-12)7-13(17-14)9-16-8-10-2-1-3-10/h4-6,10,13,16H,1-3,7-9H2. The molecule has 2 aliphatic rings. The van der Waals surface area contributed by atoms with Gasteiger partial charge in [0.2, 0.25) is 0 Å². The fraction of sp³-hybridized carbons (Fsp3) is 0.571. The molecule has 3 heteroatoms. The molecular formula is C14H18BrNO. The highest BCUT2D eigenvalue weighted by molar-refractivity contribution is 9.10. The Morgan fingerprint density at radius 2 is 2.18 bits per heavy atom. The summed E-state index contributed by atoms with van der Waals surface area (Å²) in [5, 5.41) is 3.54. The van der Waals surface area contributed by atoms with Crippen LogP contribution in [0, 0.1) is 5.92 Å². The van der Waals surface area contributed by atoms with Crippen LogP contribution in [-0.4, -0.2) is 19.2 Å². The highest BCUT2D eigenvalue weighted by Gasteiger charge is 2.23. The second-order valence-electron chi connectivity index (χ2n) is 5.15. The van der Waals surface area contributed by atoms with E-state index in [1.54, 1.807) is 0 Å². The highest BCUT2D eigenvalue weighted by atomic mass is 79.9. The van der Waals surface area contributed by atoms with Crippen LogP contribution < -0.4 is 10.1 Å². The van der Waals surface area contributed by atoms with Crippen molar-refractivity contribution in [1.82, 2.24) is 5.32 Å². The number of hydrogen-bond donors (Lipinski definition) is 1. The summed E-state index contributed by atoms with van der Waals surface area (Å²) in [4.78, 5) is 0. The third kappa shape index (κ3) is 2.66. The molecule has 1 fully saturated rings. The van der Waals surface area contributed by atoms with Gasteiger partial charge in [-0.25, -0.2) is 0 Å². The van der Waals surface area contributed by atoms with Crippen molar-refractivity contribution in [2.24, 2.45) is 5.92 Å². The maximum Gasteiger partial charge on any atom is 0.123 e. The maximum absolute atomic E-state index is 5.91. The number of nitrogens with one attached hydrogen (secondary N) is 1. The molecule has 1 atom stereocenters. The number of halogens is 1. The van der Waals surface area contributed by atoms with Gasteiger partial charge >= 0.3 is 0 Å². The predicted molar refractivity (Wildman–Crippen MR) is 72.5 cm³/mol. The molecule has 1 aromatic rings. The zero-order chi connectivity index (χ0) is 11.7. The molecule has 0 saturated heterocycles. The average molecular weight is 296 g/mol. The third-order valence-electron chi connectivity index (χ3n) is 3.79. The minimum Gasteiger partial charge on any atom is -0.488 e. The summed E-state index contributed by atoms with van der Waals surface area (Å²) in [6.45, 7) is 2.14. The van der Waals surface area contributed by atoms with Crippen LogP contribution in [0.1, 0.15) is 24.8 Å². The van der Waals surface area contributed by atoms with Crippen molar-refractivity contribution in [3.05, 3.63) is 28.2 Å². The lowest BCUT2D eigenvalue weighted by Gasteiger charge is -2.26. The van der Waals surface area contributed by atoms with Gasteiger partial charge in [-0.05, 0) is 49.1 Å². The van der Waals surface area contributed by atoms with E-state index in [0.717, 1.165) is 29.1 Å². The molecule has 1 saturated carbocycles. The number of rotatable bonds is 4. The van der Waals surface area contributed by atoms with E-state index >= 15 is 0 Å². The van der Waals surface area contributed by atoms with E-state index < -0.39 is 0 Å². The molecule has 0 amide bonds. The van der Waals surface area contributed by atoms with E-state index in [1.165, 1.54) is 31.4 Å². The molecule has 0 radical (unpaired) electrons. The molecule has 0 aromatic heterocycles. The van der Waals surface area contributed by atoms with Crippen LogP contribution in [0.15, 0.2) is 22.7 Å². The summed E-state index contributed by atoms with van der Waals surface area (Å²) in [6, 6.07) is 6.27. The molecular weight excluding hydrogens is 278 g/mol. The summed E-state index contributed by atoms with van der Waals surface area (Å²) in [6.07, 6.45) is 5.59. The quantitative estimate of drug-likeness (QED) is 0.921. The van der Waals surface area contributed by atoms with Gasteiger partial charge in [0.1, 0.15) is 11.9 Å². The van der Waals surface area contributed by atoms with Gasteiger partial charge in [-0.3, -0.25) is 0 Å². The first-order valence-electron chi connectivity index (χ1n) is 6.47. The van der Waals surface area contributed by atoms with Crippen molar-refractivity contribution >= 4 is 15.9 Å². The molecule has 1 unspecified atom stereocenters. The fourth-order valence-corrected chi connectivity index (χ4v) is 2.96. The van der Waals surface area contributed by atoms with Crippen molar-refractivity contribution in [3.63, 3.8) is 0 Å². The van der Waals surface area contributed by atoms with Crippen molar-refractivity contribution in [1.29, 1.82) is 0 Å². The molecule has 1 heterocycles. The van der Waals surface area contributed by atoms with Crippen LogP contribution in [0.4, 0.5) is 0 Å². The monoisotopic (exact) mass is 295 g/mol. The largest absolute Gasteiger partial charge is 0.488 e. The number of hydrogen-bond acceptors (Lipinski definition) is 2. The molecule has 1 aromatic carbocycles. The molecule has 1 aliphatic carbocycles. The van der Waals surface area contributed by atoms with Crippen LogP contribution in [0.5, 0.6) is 5.75 Å². The Labute approximate surface area is 111 Å². The lowest BCUT2D eigenvalue weighted by Crippen LogP contribution is -2.35. The van der Waals surface area contributed by atoms with Crippen molar-refractivity contribution < 1.29 is 4.74 Å². The zero-order valence-corrected chi connectivity index (χ0v) is 11.5. The van der Waals surface area contributed by atoms with E-state index in [9.17, 15) is 0 Å². The van der Waals surface area contributed by atoms with Gasteiger partial charge in [-0.1, -0.05) is 22.4 Å². The minimum absolute atomic E-state index is 0.319. The van der Waals surface area contributed by atoms with Gasteiger partial charge in [0.15, 0.2) is 0 Å². The molecule has 1 N–H and O–H groups in total. The number of fused-ring (bicyclic) bond motifs is 1. The van der Waals surface area contributed by atoms with E-state index in [0.29, 0.717) is 6.10 Å². The van der Waals surface area contributed by atoms with Crippen LogP contribution in [-0.2, 0) is 6.42 Å². The number of benzene rings is 1. The topological polar surface area (TPSA) is 21.3 Å². The van der Waals surface area contributed by atoms with E-state index in [4.69, 9.17) is 4.74 Å². The van der Waals surface area contributed by atoms with Gasteiger partial charge in [-0.15, -0.1) is 0 Å². The van der Waals surface area contributed by atoms with E-state index in [-0.39, 0.29) is 0 Å². The van der Waals surface area contributed by atoms with Gasteiger partial charge in [0.25, 0.3) is 0 Å². The van der Waals surface area contributed by atoms with Crippen LogP contribution in [0.2, 0.25) is 0 Å². The normalized spacial score (nSPS) is 23.0. The Morgan fingerprint density at radius 3 is 2.94 bits per heavy atom. The van der Waals surface area contributed by atoms with E-state index in [2.05, 4.69) is 33.4 Å². The van der Waals surface area contributed by atoms with Crippen LogP contribution >= 0.6 is 15.9 Å². The van der Waals surface area contributed by atoms with Gasteiger partial charge in [0.05, 0.1) is 0 Å². The van der Waals surface area contributed by atoms with Crippen LogP contribution in [0.3, 0.4) is 0 Å². The molecule has 0 bridgehead atoms. The second-order valence-corrected chi connectivity index (χ2v) is 6.07.